The molecule has 12 heteroatoms. The molecule has 2 aliphatic rings. The second-order valence-electron chi connectivity index (χ2n) is 10.3. The van der Waals surface area contributed by atoms with Gasteiger partial charge in [0, 0.05) is 25.7 Å². The van der Waals surface area contributed by atoms with Crippen molar-refractivity contribution in [2.75, 3.05) is 65.9 Å². The number of ether oxygens (including phenoxy) is 3. The van der Waals surface area contributed by atoms with Gasteiger partial charge in [-0.05, 0) is 62.7 Å². The summed E-state index contributed by atoms with van der Waals surface area (Å²) in [6, 6.07) is 0.860. The van der Waals surface area contributed by atoms with E-state index in [2.05, 4.69) is 15.6 Å². The lowest BCUT2D eigenvalue weighted by Crippen LogP contribution is -2.46. The van der Waals surface area contributed by atoms with E-state index in [-0.39, 0.29) is 38.1 Å². The van der Waals surface area contributed by atoms with E-state index in [0.717, 1.165) is 38.8 Å². The van der Waals surface area contributed by atoms with Crippen LogP contribution in [0.25, 0.3) is 0 Å². The van der Waals surface area contributed by atoms with Crippen LogP contribution in [0, 0.1) is 11.8 Å². The van der Waals surface area contributed by atoms with Gasteiger partial charge in [-0.25, -0.2) is 4.39 Å². The Kier molecular flexibility index (Phi) is 14.1. The lowest BCUT2D eigenvalue weighted by atomic mass is 9.92. The molecule has 1 aromatic rings. The number of pyridine rings is 1. The van der Waals surface area contributed by atoms with Gasteiger partial charge in [0.2, 0.25) is 11.8 Å². The van der Waals surface area contributed by atoms with Gasteiger partial charge < -0.3 is 34.9 Å². The molecule has 224 valence electrons. The molecule has 1 aromatic heterocycles. The molecule has 2 unspecified atom stereocenters. The number of aliphatic carboxylic acids is 1. The highest BCUT2D eigenvalue weighted by Crippen LogP contribution is 2.25. The average Bonchev–Trinajstić information content (AvgIpc) is 2.97. The summed E-state index contributed by atoms with van der Waals surface area (Å²) in [6.45, 7) is 3.62. The minimum absolute atomic E-state index is 0.0438. The third-order valence-electron chi connectivity index (χ3n) is 7.29. The van der Waals surface area contributed by atoms with Crippen molar-refractivity contribution >= 4 is 17.8 Å². The van der Waals surface area contributed by atoms with E-state index >= 15 is 0 Å². The number of amides is 2. The Morgan fingerprint density at radius 1 is 1.10 bits per heavy atom. The number of halogens is 1. The van der Waals surface area contributed by atoms with Crippen molar-refractivity contribution in [3.05, 3.63) is 24.0 Å². The number of aromatic nitrogens is 1. The SMILES string of the molecule is O=C(O)CC(NC(=O)C1CCCN(C(=O)CCC2CCNCC2)C1)c1cncc(OCCOCCOCCF)c1. The summed E-state index contributed by atoms with van der Waals surface area (Å²) in [5.74, 6) is -0.646. The van der Waals surface area contributed by atoms with Gasteiger partial charge in [0.25, 0.3) is 0 Å². The minimum Gasteiger partial charge on any atom is -0.490 e. The molecule has 40 heavy (non-hydrogen) atoms. The summed E-state index contributed by atoms with van der Waals surface area (Å²) >= 11 is 0. The highest BCUT2D eigenvalue weighted by Gasteiger charge is 2.30. The fourth-order valence-corrected chi connectivity index (χ4v) is 5.09. The van der Waals surface area contributed by atoms with Crippen molar-refractivity contribution in [1.82, 2.24) is 20.5 Å². The molecule has 2 aliphatic heterocycles. The van der Waals surface area contributed by atoms with Crippen LogP contribution in [0.15, 0.2) is 18.5 Å². The fraction of sp³-hybridized carbons (Fsp3) is 0.714. The number of hydrogen-bond acceptors (Lipinski definition) is 8. The molecule has 3 N–H and O–H groups in total. The van der Waals surface area contributed by atoms with E-state index in [1.54, 1.807) is 11.0 Å². The van der Waals surface area contributed by atoms with Crippen molar-refractivity contribution in [1.29, 1.82) is 0 Å². The summed E-state index contributed by atoms with van der Waals surface area (Å²) in [6.07, 6.45) is 7.63. The predicted molar refractivity (Wildman–Crippen MR) is 145 cm³/mol. The molecule has 0 aliphatic carbocycles. The van der Waals surface area contributed by atoms with Crippen LogP contribution in [0.3, 0.4) is 0 Å². The molecule has 0 saturated carbocycles. The van der Waals surface area contributed by atoms with Gasteiger partial charge in [-0.2, -0.15) is 0 Å². The Hall–Kier alpha value is -2.83. The summed E-state index contributed by atoms with van der Waals surface area (Å²) in [4.78, 5) is 43.6. The van der Waals surface area contributed by atoms with Gasteiger partial charge in [0.05, 0.1) is 51.0 Å². The second-order valence-corrected chi connectivity index (χ2v) is 10.3. The third kappa shape index (κ3) is 11.3. The molecule has 2 atom stereocenters. The number of nitrogens with zero attached hydrogens (tertiary/aromatic N) is 2. The first-order valence-corrected chi connectivity index (χ1v) is 14.3. The Bertz CT molecular complexity index is 932. The summed E-state index contributed by atoms with van der Waals surface area (Å²) in [5, 5.41) is 15.7. The molecule has 0 aromatic carbocycles. The standard InChI is InChI=1S/C28H43FN4O7/c29-7-11-38-12-13-39-14-15-40-24-16-23(18-31-19-24)25(17-27(35)36)32-28(37)22-2-1-10-33(20-22)26(34)4-3-21-5-8-30-9-6-21/h16,18-19,21-22,25,30H,1-15,17,20H2,(H,32,37)(H,35,36). The number of nitrogens with one attached hydrogen (secondary N) is 2. The van der Waals surface area contributed by atoms with Crippen LogP contribution in [0.2, 0.25) is 0 Å². The largest absolute Gasteiger partial charge is 0.490 e. The first kappa shape index (κ1) is 31.7. The molecule has 2 saturated heterocycles. The van der Waals surface area contributed by atoms with E-state index in [4.69, 9.17) is 14.2 Å². The quantitative estimate of drug-likeness (QED) is 0.242. The molecule has 0 spiro atoms. The molecule has 0 radical (unpaired) electrons. The van der Waals surface area contributed by atoms with Gasteiger partial charge in [0.15, 0.2) is 0 Å². The molecule has 3 rings (SSSR count). The van der Waals surface area contributed by atoms with Crippen LogP contribution in [-0.4, -0.2) is 98.7 Å². The second kappa shape index (κ2) is 17.8. The van der Waals surface area contributed by atoms with E-state index in [1.807, 2.05) is 0 Å². The van der Waals surface area contributed by atoms with Crippen molar-refractivity contribution < 1.29 is 38.1 Å². The highest BCUT2D eigenvalue weighted by molar-refractivity contribution is 5.82. The van der Waals surface area contributed by atoms with Crippen LogP contribution in [0.5, 0.6) is 5.75 Å². The Morgan fingerprint density at radius 3 is 2.60 bits per heavy atom. The highest BCUT2D eigenvalue weighted by atomic mass is 19.1. The number of piperidine rings is 2. The third-order valence-corrected chi connectivity index (χ3v) is 7.29. The average molecular weight is 567 g/mol. The fourth-order valence-electron chi connectivity index (χ4n) is 5.09. The van der Waals surface area contributed by atoms with E-state index < -0.39 is 24.6 Å². The number of carboxylic acid groups (broad SMARTS) is 1. The topological polar surface area (TPSA) is 139 Å². The smallest absolute Gasteiger partial charge is 0.305 e. The molecule has 0 bridgehead atoms. The number of hydrogen-bond donors (Lipinski definition) is 3. The number of rotatable bonds is 17. The van der Waals surface area contributed by atoms with Crippen LogP contribution in [0.4, 0.5) is 4.39 Å². The summed E-state index contributed by atoms with van der Waals surface area (Å²) in [7, 11) is 0. The van der Waals surface area contributed by atoms with Crippen molar-refractivity contribution in [2.45, 2.75) is 51.0 Å². The van der Waals surface area contributed by atoms with Gasteiger partial charge in [-0.3, -0.25) is 19.4 Å². The zero-order valence-electron chi connectivity index (χ0n) is 23.2. The molecular formula is C28H43FN4O7. The van der Waals surface area contributed by atoms with Crippen molar-refractivity contribution in [3.63, 3.8) is 0 Å². The van der Waals surface area contributed by atoms with Crippen molar-refractivity contribution in [2.24, 2.45) is 11.8 Å². The molecular weight excluding hydrogens is 523 g/mol. The number of alkyl halides is 1. The Labute approximate surface area is 235 Å². The number of carboxylic acids is 1. The normalized spacial score (nSPS) is 18.7. The van der Waals surface area contributed by atoms with Gasteiger partial charge in [-0.1, -0.05) is 0 Å². The first-order chi connectivity index (χ1) is 19.5. The van der Waals surface area contributed by atoms with Crippen LogP contribution in [0.1, 0.15) is 56.6 Å². The lowest BCUT2D eigenvalue weighted by Gasteiger charge is -2.33. The first-order valence-electron chi connectivity index (χ1n) is 14.3. The molecule has 3 heterocycles. The van der Waals surface area contributed by atoms with Crippen LogP contribution < -0.4 is 15.4 Å². The molecule has 2 fully saturated rings. The zero-order chi connectivity index (χ0) is 28.6. The predicted octanol–water partition coefficient (Wildman–Crippen LogP) is 2.11. The zero-order valence-corrected chi connectivity index (χ0v) is 23.2. The van der Waals surface area contributed by atoms with E-state index in [0.29, 0.717) is 56.4 Å². The number of likely N-dealkylation sites (tertiary alicyclic amines) is 1. The lowest BCUT2D eigenvalue weighted by molar-refractivity contribution is -0.138. The monoisotopic (exact) mass is 566 g/mol. The van der Waals surface area contributed by atoms with Crippen LogP contribution in [-0.2, 0) is 23.9 Å². The number of carbonyl (C=O) groups is 3. The van der Waals surface area contributed by atoms with E-state index in [9.17, 15) is 23.9 Å². The maximum atomic E-state index is 13.2. The van der Waals surface area contributed by atoms with Crippen LogP contribution >= 0.6 is 0 Å². The minimum atomic E-state index is -1.06. The summed E-state index contributed by atoms with van der Waals surface area (Å²) in [5.41, 5.74) is 0.513. The van der Waals surface area contributed by atoms with E-state index in [1.165, 1.54) is 12.4 Å². The van der Waals surface area contributed by atoms with Gasteiger partial charge >= 0.3 is 5.97 Å². The Morgan fingerprint density at radius 2 is 1.85 bits per heavy atom. The molecule has 11 nitrogen and oxygen atoms in total. The van der Waals surface area contributed by atoms with Gasteiger partial charge in [0.1, 0.15) is 19.0 Å². The maximum Gasteiger partial charge on any atom is 0.305 e. The summed E-state index contributed by atoms with van der Waals surface area (Å²) < 4.78 is 28.0. The number of carbonyl (C=O) groups excluding carboxylic acids is 2. The van der Waals surface area contributed by atoms with Gasteiger partial charge in [-0.15, -0.1) is 0 Å². The van der Waals surface area contributed by atoms with Crippen molar-refractivity contribution in [3.8, 4) is 5.75 Å². The molecule has 2 amide bonds. The maximum absolute atomic E-state index is 13.2. The Balaban J connectivity index is 1.49.